The number of rotatable bonds is 4. The number of hydrogen-bond donors (Lipinski definition) is 1. The molecule has 0 aliphatic heterocycles. The first-order chi connectivity index (χ1) is 9.73. The van der Waals surface area contributed by atoms with Gasteiger partial charge in [0.1, 0.15) is 11.9 Å². The molecule has 0 atom stereocenters. The van der Waals surface area contributed by atoms with Crippen molar-refractivity contribution in [3.05, 3.63) is 18.1 Å². The molecule has 0 fully saturated rings. The highest BCUT2D eigenvalue weighted by Crippen LogP contribution is 2.17. The van der Waals surface area contributed by atoms with Crippen LogP contribution in [0.1, 0.15) is 33.4 Å². The van der Waals surface area contributed by atoms with Gasteiger partial charge in [-0.1, -0.05) is 0 Å². The number of amides is 1. The highest BCUT2D eigenvalue weighted by atomic mass is 16.6. The first kappa shape index (κ1) is 16.6. The van der Waals surface area contributed by atoms with Crippen LogP contribution in [0.4, 0.5) is 10.5 Å². The van der Waals surface area contributed by atoms with Crippen LogP contribution in [-0.4, -0.2) is 34.5 Å². The largest absolute Gasteiger partial charge is 0.444 e. The average molecular weight is 291 g/mol. The van der Waals surface area contributed by atoms with Crippen molar-refractivity contribution in [1.82, 2.24) is 9.78 Å². The highest BCUT2D eigenvalue weighted by Gasteiger charge is 2.17. The van der Waals surface area contributed by atoms with Crippen LogP contribution in [0.25, 0.3) is 5.70 Å². The fourth-order valence-corrected chi connectivity index (χ4v) is 1.42. The van der Waals surface area contributed by atoms with Crippen LogP contribution in [-0.2, 0) is 4.74 Å². The molecule has 21 heavy (non-hydrogen) atoms. The van der Waals surface area contributed by atoms with Gasteiger partial charge in [-0.25, -0.2) is 14.5 Å². The van der Waals surface area contributed by atoms with Crippen molar-refractivity contribution >= 4 is 30.5 Å². The second kappa shape index (κ2) is 6.83. The van der Waals surface area contributed by atoms with E-state index in [-0.39, 0.29) is 0 Å². The van der Waals surface area contributed by atoms with Crippen LogP contribution in [0.5, 0.6) is 0 Å². The Bertz CT molecular complexity index is 579. The SMILES string of the molecule is C=NC=N/C=C(\C)n1cc(NC(=O)OC(C)(C)C)c(C)n1. The molecule has 0 saturated heterocycles. The summed E-state index contributed by atoms with van der Waals surface area (Å²) >= 11 is 0. The van der Waals surface area contributed by atoms with E-state index in [1.165, 1.54) is 6.34 Å². The number of carbonyl (C=O) groups excluding carboxylic acids is 1. The van der Waals surface area contributed by atoms with E-state index in [1.807, 2.05) is 6.92 Å². The van der Waals surface area contributed by atoms with E-state index >= 15 is 0 Å². The van der Waals surface area contributed by atoms with E-state index in [2.05, 4.69) is 27.1 Å². The van der Waals surface area contributed by atoms with Gasteiger partial charge < -0.3 is 4.74 Å². The number of carbonyl (C=O) groups is 1. The van der Waals surface area contributed by atoms with Gasteiger partial charge in [-0.15, -0.1) is 0 Å². The molecule has 0 spiro atoms. The van der Waals surface area contributed by atoms with Crippen molar-refractivity contribution in [1.29, 1.82) is 0 Å². The molecule has 1 N–H and O–H groups in total. The number of nitrogens with one attached hydrogen (secondary N) is 1. The van der Waals surface area contributed by atoms with E-state index in [4.69, 9.17) is 4.74 Å². The molecule has 0 saturated carbocycles. The number of nitrogens with zero attached hydrogens (tertiary/aromatic N) is 4. The van der Waals surface area contributed by atoms with Crippen molar-refractivity contribution in [3.63, 3.8) is 0 Å². The monoisotopic (exact) mass is 291 g/mol. The summed E-state index contributed by atoms with van der Waals surface area (Å²) in [6, 6.07) is 0. The number of aryl methyl sites for hydroxylation is 1. The van der Waals surface area contributed by atoms with Crippen molar-refractivity contribution in [2.24, 2.45) is 9.98 Å². The zero-order valence-corrected chi connectivity index (χ0v) is 13.0. The van der Waals surface area contributed by atoms with Crippen LogP contribution in [0.15, 0.2) is 22.4 Å². The van der Waals surface area contributed by atoms with Gasteiger partial charge in [0.05, 0.1) is 23.3 Å². The molecular weight excluding hydrogens is 270 g/mol. The van der Waals surface area contributed by atoms with Crippen LogP contribution < -0.4 is 5.32 Å². The molecule has 1 amide bonds. The summed E-state index contributed by atoms with van der Waals surface area (Å²) in [5, 5.41) is 6.97. The summed E-state index contributed by atoms with van der Waals surface area (Å²) in [5.74, 6) is 0. The standard InChI is InChI=1S/C14H21N5O2/c1-10(7-16-9-15-6)19-8-12(11(2)18-19)17-13(20)21-14(3,4)5/h7-9H,6H2,1-5H3,(H,17,20)/b10-7+,16-9?. The number of anilines is 1. The topological polar surface area (TPSA) is 80.9 Å². The van der Waals surface area contributed by atoms with Crippen molar-refractivity contribution in [2.75, 3.05) is 5.32 Å². The second-order valence-corrected chi connectivity index (χ2v) is 5.42. The van der Waals surface area contributed by atoms with Crippen molar-refractivity contribution < 1.29 is 9.53 Å². The minimum absolute atomic E-state index is 0.513. The highest BCUT2D eigenvalue weighted by molar-refractivity contribution is 5.85. The van der Waals surface area contributed by atoms with Crippen LogP contribution >= 0.6 is 0 Å². The minimum Gasteiger partial charge on any atom is -0.444 e. The molecule has 0 radical (unpaired) electrons. The van der Waals surface area contributed by atoms with Crippen LogP contribution in [0.2, 0.25) is 0 Å². The fourth-order valence-electron chi connectivity index (χ4n) is 1.42. The third-order valence-electron chi connectivity index (χ3n) is 2.31. The normalized spacial score (nSPS) is 12.5. The molecule has 1 rings (SSSR count). The van der Waals surface area contributed by atoms with Crippen LogP contribution in [0, 0.1) is 6.92 Å². The number of aliphatic imine (C=N–C) groups is 2. The zero-order chi connectivity index (χ0) is 16.0. The third-order valence-corrected chi connectivity index (χ3v) is 2.31. The predicted octanol–water partition coefficient (Wildman–Crippen LogP) is 3.09. The lowest BCUT2D eigenvalue weighted by Crippen LogP contribution is -2.27. The lowest BCUT2D eigenvalue weighted by atomic mass is 10.2. The Morgan fingerprint density at radius 3 is 2.76 bits per heavy atom. The summed E-state index contributed by atoms with van der Waals surface area (Å²) < 4.78 is 6.81. The Balaban J connectivity index is 2.83. The molecule has 0 aliphatic carbocycles. The molecular formula is C14H21N5O2. The number of aromatic nitrogens is 2. The van der Waals surface area contributed by atoms with Gasteiger partial charge in [-0.2, -0.15) is 5.10 Å². The summed E-state index contributed by atoms with van der Waals surface area (Å²) in [6.45, 7) is 12.4. The Kier molecular flexibility index (Phi) is 5.40. The molecule has 1 aromatic heterocycles. The number of allylic oxidation sites excluding steroid dienone is 1. The lowest BCUT2D eigenvalue weighted by molar-refractivity contribution is 0.0636. The molecule has 0 aromatic carbocycles. The lowest BCUT2D eigenvalue weighted by Gasteiger charge is -2.19. The first-order valence-corrected chi connectivity index (χ1v) is 6.44. The van der Waals surface area contributed by atoms with Gasteiger partial charge in [-0.3, -0.25) is 10.3 Å². The fraction of sp³-hybridized carbons (Fsp3) is 0.429. The maximum atomic E-state index is 11.7. The molecule has 1 heterocycles. The molecule has 7 heteroatoms. The molecule has 0 aliphatic rings. The predicted molar refractivity (Wildman–Crippen MR) is 84.8 cm³/mol. The summed E-state index contributed by atoms with van der Waals surface area (Å²) in [4.78, 5) is 19.2. The Hall–Kier alpha value is -2.44. The Labute approximate surface area is 124 Å². The average Bonchev–Trinajstić information content (AvgIpc) is 2.68. The minimum atomic E-state index is -0.545. The first-order valence-electron chi connectivity index (χ1n) is 6.44. The Morgan fingerprint density at radius 2 is 2.19 bits per heavy atom. The number of hydrogen-bond acceptors (Lipinski definition) is 4. The van der Waals surface area contributed by atoms with E-state index in [0.29, 0.717) is 11.4 Å². The zero-order valence-electron chi connectivity index (χ0n) is 13.0. The second-order valence-electron chi connectivity index (χ2n) is 5.42. The third kappa shape index (κ3) is 5.60. The van der Waals surface area contributed by atoms with Gasteiger partial charge in [0.25, 0.3) is 0 Å². The van der Waals surface area contributed by atoms with Gasteiger partial charge >= 0.3 is 6.09 Å². The summed E-state index contributed by atoms with van der Waals surface area (Å²) in [6.07, 6.45) is 4.11. The van der Waals surface area contributed by atoms with Gasteiger partial charge in [0, 0.05) is 6.20 Å². The molecule has 0 bridgehead atoms. The van der Waals surface area contributed by atoms with Crippen molar-refractivity contribution in [3.8, 4) is 0 Å². The van der Waals surface area contributed by atoms with E-state index in [0.717, 1.165) is 5.70 Å². The quantitative estimate of drug-likeness (QED) is 0.683. The van der Waals surface area contributed by atoms with Gasteiger partial charge in [-0.05, 0) is 41.3 Å². The summed E-state index contributed by atoms with van der Waals surface area (Å²) in [5.41, 5.74) is 1.49. The van der Waals surface area contributed by atoms with E-state index < -0.39 is 11.7 Å². The molecule has 7 nitrogen and oxygen atoms in total. The Morgan fingerprint density at radius 1 is 1.52 bits per heavy atom. The molecule has 1 aromatic rings. The molecule has 0 unspecified atom stereocenters. The van der Waals surface area contributed by atoms with Gasteiger partial charge in [0.2, 0.25) is 0 Å². The maximum Gasteiger partial charge on any atom is 0.412 e. The van der Waals surface area contributed by atoms with Crippen molar-refractivity contribution in [2.45, 2.75) is 40.2 Å². The van der Waals surface area contributed by atoms with Crippen LogP contribution in [0.3, 0.4) is 0 Å². The van der Waals surface area contributed by atoms with Gasteiger partial charge in [0.15, 0.2) is 0 Å². The summed E-state index contributed by atoms with van der Waals surface area (Å²) in [7, 11) is 0. The maximum absolute atomic E-state index is 11.7. The molecule has 114 valence electrons. The van der Waals surface area contributed by atoms with E-state index in [1.54, 1.807) is 44.8 Å². The van der Waals surface area contributed by atoms with E-state index in [9.17, 15) is 4.79 Å². The number of ether oxygens (including phenoxy) is 1. The smallest absolute Gasteiger partial charge is 0.412 e.